The number of hydrogen-bond donors (Lipinski definition) is 2. The lowest BCUT2D eigenvalue weighted by molar-refractivity contribution is 0.202. The summed E-state index contributed by atoms with van der Waals surface area (Å²) in [7, 11) is 1.73. The highest BCUT2D eigenvalue weighted by atomic mass is 16.5. The summed E-state index contributed by atoms with van der Waals surface area (Å²) in [5.41, 5.74) is 3.54. The average Bonchev–Trinajstić information content (AvgIpc) is 2.94. The van der Waals surface area contributed by atoms with Crippen LogP contribution < -0.4 is 5.32 Å². The maximum Gasteiger partial charge on any atom is 0.107 e. The number of benzene rings is 1. The molecule has 2 N–H and O–H groups in total. The van der Waals surface area contributed by atoms with Gasteiger partial charge in [-0.1, -0.05) is 38.1 Å². The van der Waals surface area contributed by atoms with Crippen molar-refractivity contribution in [3.05, 3.63) is 41.9 Å². The average molecular weight is 287 g/mol. The molecule has 0 amide bonds. The van der Waals surface area contributed by atoms with Gasteiger partial charge in [-0.25, -0.2) is 4.98 Å². The Bertz CT molecular complexity index is 531. The molecule has 0 radical (unpaired) electrons. The van der Waals surface area contributed by atoms with E-state index in [9.17, 15) is 0 Å². The zero-order valence-electron chi connectivity index (χ0n) is 13.1. The fraction of sp³-hybridized carbons (Fsp3) is 0.471. The van der Waals surface area contributed by atoms with E-state index >= 15 is 0 Å². The van der Waals surface area contributed by atoms with Gasteiger partial charge in [0.15, 0.2) is 0 Å². The molecule has 0 unspecified atom stereocenters. The summed E-state index contributed by atoms with van der Waals surface area (Å²) < 4.78 is 5.10. The number of nitrogens with zero attached hydrogens (tertiary/aromatic N) is 1. The first-order valence-corrected chi connectivity index (χ1v) is 7.54. The van der Waals surface area contributed by atoms with Crippen molar-refractivity contribution in [3.63, 3.8) is 0 Å². The van der Waals surface area contributed by atoms with Gasteiger partial charge >= 0.3 is 0 Å². The van der Waals surface area contributed by atoms with E-state index < -0.39 is 0 Å². The quantitative estimate of drug-likeness (QED) is 0.785. The van der Waals surface area contributed by atoms with E-state index in [1.165, 1.54) is 11.1 Å². The summed E-state index contributed by atoms with van der Waals surface area (Å²) in [6.07, 6.45) is 3.78. The molecular weight excluding hydrogens is 262 g/mol. The summed E-state index contributed by atoms with van der Waals surface area (Å²) in [6.45, 7) is 6.01. The van der Waals surface area contributed by atoms with Crippen molar-refractivity contribution < 1.29 is 4.74 Å². The van der Waals surface area contributed by atoms with Crippen LogP contribution in [0.25, 0.3) is 11.3 Å². The van der Waals surface area contributed by atoms with Gasteiger partial charge in [-0.15, -0.1) is 0 Å². The van der Waals surface area contributed by atoms with Crippen molar-refractivity contribution in [1.82, 2.24) is 15.3 Å². The zero-order valence-corrected chi connectivity index (χ0v) is 13.1. The Kier molecular flexibility index (Phi) is 5.96. The third-order valence-corrected chi connectivity index (χ3v) is 3.40. The van der Waals surface area contributed by atoms with E-state index in [-0.39, 0.29) is 0 Å². The van der Waals surface area contributed by atoms with Crippen molar-refractivity contribution in [2.24, 2.45) is 0 Å². The van der Waals surface area contributed by atoms with Gasteiger partial charge in [0.25, 0.3) is 0 Å². The fourth-order valence-electron chi connectivity index (χ4n) is 2.19. The Morgan fingerprint density at radius 1 is 1.19 bits per heavy atom. The molecule has 0 bridgehead atoms. The standard InChI is InChI=1S/C17H25N3O/c1-13(2)18-10-8-17-19-12-16(20-17)15-6-4-14(5-7-15)9-11-21-3/h4-7,12-13,18H,8-11H2,1-3H3,(H,19,20). The predicted octanol–water partition coefficient (Wildman–Crippen LogP) is 2.81. The first kappa shape index (κ1) is 15.7. The lowest BCUT2D eigenvalue weighted by atomic mass is 10.1. The Hall–Kier alpha value is -1.65. The molecule has 0 saturated carbocycles. The molecule has 2 aromatic rings. The van der Waals surface area contributed by atoms with Crippen LogP contribution in [0.1, 0.15) is 25.2 Å². The lowest BCUT2D eigenvalue weighted by Gasteiger charge is -2.06. The van der Waals surface area contributed by atoms with Crippen LogP contribution in [-0.4, -0.2) is 36.3 Å². The minimum Gasteiger partial charge on any atom is -0.384 e. The second-order valence-electron chi connectivity index (χ2n) is 5.54. The van der Waals surface area contributed by atoms with Gasteiger partial charge in [-0.3, -0.25) is 0 Å². The van der Waals surface area contributed by atoms with Gasteiger partial charge < -0.3 is 15.0 Å². The molecule has 2 rings (SSSR count). The number of imidazole rings is 1. The first-order valence-electron chi connectivity index (χ1n) is 7.54. The highest BCUT2D eigenvalue weighted by Gasteiger charge is 2.04. The number of H-pyrrole nitrogens is 1. The molecule has 114 valence electrons. The molecular formula is C17H25N3O. The molecule has 21 heavy (non-hydrogen) atoms. The molecule has 0 aliphatic heterocycles. The van der Waals surface area contributed by atoms with E-state index in [1.807, 2.05) is 6.20 Å². The monoisotopic (exact) mass is 287 g/mol. The SMILES string of the molecule is COCCc1ccc(-c2cnc(CCNC(C)C)[nH]2)cc1. The van der Waals surface area contributed by atoms with Crippen molar-refractivity contribution in [1.29, 1.82) is 0 Å². The molecule has 4 nitrogen and oxygen atoms in total. The van der Waals surface area contributed by atoms with E-state index in [2.05, 4.69) is 53.4 Å². The number of nitrogens with one attached hydrogen (secondary N) is 2. The first-order chi connectivity index (χ1) is 10.2. The van der Waals surface area contributed by atoms with Gasteiger partial charge in [0.2, 0.25) is 0 Å². The van der Waals surface area contributed by atoms with Crippen LogP contribution in [0.2, 0.25) is 0 Å². The maximum absolute atomic E-state index is 5.10. The van der Waals surface area contributed by atoms with Gasteiger partial charge in [-0.2, -0.15) is 0 Å². The van der Waals surface area contributed by atoms with Crippen molar-refractivity contribution in [2.45, 2.75) is 32.7 Å². The van der Waals surface area contributed by atoms with Crippen LogP contribution in [0.5, 0.6) is 0 Å². The summed E-state index contributed by atoms with van der Waals surface area (Å²) >= 11 is 0. The van der Waals surface area contributed by atoms with Gasteiger partial charge in [0, 0.05) is 26.1 Å². The maximum atomic E-state index is 5.10. The van der Waals surface area contributed by atoms with Gasteiger partial charge in [-0.05, 0) is 17.5 Å². The van der Waals surface area contributed by atoms with Crippen molar-refractivity contribution >= 4 is 0 Å². The highest BCUT2D eigenvalue weighted by Crippen LogP contribution is 2.18. The third kappa shape index (κ3) is 4.99. The predicted molar refractivity (Wildman–Crippen MR) is 86.4 cm³/mol. The summed E-state index contributed by atoms with van der Waals surface area (Å²) in [6, 6.07) is 9.08. The molecule has 0 spiro atoms. The van der Waals surface area contributed by atoms with Gasteiger partial charge in [0.05, 0.1) is 18.5 Å². The van der Waals surface area contributed by atoms with Crippen LogP contribution in [0.4, 0.5) is 0 Å². The molecule has 0 aliphatic rings. The van der Waals surface area contributed by atoms with E-state index in [4.69, 9.17) is 4.74 Å². The Labute approximate surface area is 127 Å². The topological polar surface area (TPSA) is 49.9 Å². The van der Waals surface area contributed by atoms with Crippen LogP contribution in [0, 0.1) is 0 Å². The molecule has 1 aromatic heterocycles. The number of aromatic nitrogens is 2. The molecule has 1 aromatic carbocycles. The number of hydrogen-bond acceptors (Lipinski definition) is 3. The Balaban J connectivity index is 1.94. The Morgan fingerprint density at radius 3 is 2.62 bits per heavy atom. The number of aromatic amines is 1. The second-order valence-corrected chi connectivity index (χ2v) is 5.54. The normalized spacial score (nSPS) is 11.2. The molecule has 0 fully saturated rings. The molecule has 0 saturated heterocycles. The van der Waals surface area contributed by atoms with Crippen LogP contribution >= 0.6 is 0 Å². The largest absolute Gasteiger partial charge is 0.384 e. The zero-order chi connectivity index (χ0) is 15.1. The Morgan fingerprint density at radius 2 is 1.95 bits per heavy atom. The van der Waals surface area contributed by atoms with Crippen molar-refractivity contribution in [2.75, 3.05) is 20.3 Å². The minimum absolute atomic E-state index is 0.513. The lowest BCUT2D eigenvalue weighted by Crippen LogP contribution is -2.25. The second kappa shape index (κ2) is 7.96. The molecule has 1 heterocycles. The van der Waals surface area contributed by atoms with Crippen LogP contribution in [0.15, 0.2) is 30.5 Å². The van der Waals surface area contributed by atoms with Crippen LogP contribution in [-0.2, 0) is 17.6 Å². The highest BCUT2D eigenvalue weighted by molar-refractivity contribution is 5.58. The molecule has 0 aliphatic carbocycles. The summed E-state index contributed by atoms with van der Waals surface area (Å²) in [4.78, 5) is 7.84. The van der Waals surface area contributed by atoms with Crippen molar-refractivity contribution in [3.8, 4) is 11.3 Å². The number of rotatable bonds is 8. The van der Waals surface area contributed by atoms with Gasteiger partial charge in [0.1, 0.15) is 5.82 Å². The minimum atomic E-state index is 0.513. The summed E-state index contributed by atoms with van der Waals surface area (Å²) in [5, 5.41) is 3.40. The summed E-state index contributed by atoms with van der Waals surface area (Å²) in [5.74, 6) is 1.03. The fourth-order valence-corrected chi connectivity index (χ4v) is 2.19. The smallest absolute Gasteiger partial charge is 0.107 e. The van der Waals surface area contributed by atoms with E-state index in [0.29, 0.717) is 6.04 Å². The van der Waals surface area contributed by atoms with E-state index in [1.54, 1.807) is 7.11 Å². The van der Waals surface area contributed by atoms with Crippen LogP contribution in [0.3, 0.4) is 0 Å². The number of ether oxygens (including phenoxy) is 1. The third-order valence-electron chi connectivity index (χ3n) is 3.40. The number of methoxy groups -OCH3 is 1. The van der Waals surface area contributed by atoms with E-state index in [0.717, 1.165) is 37.5 Å². The molecule has 4 heteroatoms. The molecule has 0 atom stereocenters.